The van der Waals surface area contributed by atoms with Gasteiger partial charge in [-0.15, -0.1) is 0 Å². The average molecular weight is 451 g/mol. The molecule has 0 fully saturated rings. The van der Waals surface area contributed by atoms with Crippen molar-refractivity contribution in [3.63, 3.8) is 0 Å². The topological polar surface area (TPSA) is 105 Å². The van der Waals surface area contributed by atoms with Gasteiger partial charge in [0.25, 0.3) is 0 Å². The van der Waals surface area contributed by atoms with Gasteiger partial charge in [-0.3, -0.25) is 9.59 Å². The van der Waals surface area contributed by atoms with E-state index in [0.29, 0.717) is 12.0 Å². The maximum Gasteiger partial charge on any atom is 0.407 e. The lowest BCUT2D eigenvalue weighted by molar-refractivity contribution is -0.148. The first-order chi connectivity index (χ1) is 15.8. The van der Waals surface area contributed by atoms with Crippen LogP contribution in [0.3, 0.4) is 0 Å². The van der Waals surface area contributed by atoms with E-state index in [9.17, 15) is 19.5 Å². The van der Waals surface area contributed by atoms with Crippen molar-refractivity contribution in [3.8, 4) is 11.1 Å². The molecule has 0 saturated heterocycles. The summed E-state index contributed by atoms with van der Waals surface area (Å²) in [5, 5.41) is 14.6. The van der Waals surface area contributed by atoms with Gasteiger partial charge in [-0.2, -0.15) is 0 Å². The second-order valence-corrected chi connectivity index (χ2v) is 8.50. The molecule has 0 bridgehead atoms. The van der Waals surface area contributed by atoms with Crippen LogP contribution in [0.1, 0.15) is 44.2 Å². The first-order valence-electron chi connectivity index (χ1n) is 11.0. The average Bonchev–Trinajstić information content (AvgIpc) is 3.14. The van der Waals surface area contributed by atoms with Crippen LogP contribution in [-0.4, -0.2) is 42.8 Å². The van der Waals surface area contributed by atoms with E-state index in [2.05, 4.69) is 34.9 Å². The van der Waals surface area contributed by atoms with E-state index < -0.39 is 17.5 Å². The molecule has 1 aliphatic rings. The molecule has 2 amide bonds. The lowest BCUT2D eigenvalue weighted by atomic mass is 9.87. The Balaban J connectivity index is 1.49. The van der Waals surface area contributed by atoms with Gasteiger partial charge in [-0.1, -0.05) is 61.5 Å². The fourth-order valence-corrected chi connectivity index (χ4v) is 3.80. The van der Waals surface area contributed by atoms with Crippen LogP contribution < -0.4 is 10.6 Å². The molecular weight excluding hydrogens is 420 g/mol. The Labute approximate surface area is 193 Å². The van der Waals surface area contributed by atoms with Crippen LogP contribution in [0.5, 0.6) is 0 Å². The smallest absolute Gasteiger partial charge is 0.407 e. The van der Waals surface area contributed by atoms with Gasteiger partial charge in [0.05, 0.1) is 5.41 Å². The van der Waals surface area contributed by atoms with Crippen molar-refractivity contribution in [2.24, 2.45) is 5.41 Å². The second kappa shape index (κ2) is 10.3. The summed E-state index contributed by atoms with van der Waals surface area (Å²) in [6.07, 6.45) is 1.40. The number of benzene rings is 2. The van der Waals surface area contributed by atoms with Gasteiger partial charge < -0.3 is 20.5 Å². The number of carboxylic acids is 1. The molecule has 1 atom stereocenters. The van der Waals surface area contributed by atoms with E-state index in [-0.39, 0.29) is 31.5 Å². The summed E-state index contributed by atoms with van der Waals surface area (Å²) in [7, 11) is 0. The third-order valence-corrected chi connectivity index (χ3v) is 6.29. The molecule has 174 valence electrons. The number of hydrogen-bond acceptors (Lipinski definition) is 4. The molecule has 0 spiro atoms. The Hall–Kier alpha value is -3.61. The summed E-state index contributed by atoms with van der Waals surface area (Å²) in [6, 6.07) is 16.2. The van der Waals surface area contributed by atoms with E-state index in [1.165, 1.54) is 0 Å². The number of nitrogens with one attached hydrogen (secondary N) is 2. The molecule has 33 heavy (non-hydrogen) atoms. The standard InChI is InChI=1S/C26H30N2O5/c1-4-26(3,24(30)31)16-28-23(29)17(2)13-14-27-25(32)33-15-22-20-11-7-5-9-18(20)19-10-6-8-12-21(19)22/h5-13,22H,4,14-16H2,1-3H3,(H,27,32)(H,28,29)(H,30,31)/b17-13+. The molecule has 7 heteroatoms. The lowest BCUT2D eigenvalue weighted by Gasteiger charge is -2.23. The largest absolute Gasteiger partial charge is 0.481 e. The minimum Gasteiger partial charge on any atom is -0.481 e. The molecule has 0 aliphatic heterocycles. The zero-order chi connectivity index (χ0) is 24.0. The number of fused-ring (bicyclic) bond motifs is 3. The molecule has 1 aliphatic carbocycles. The number of amides is 2. The number of hydrogen-bond donors (Lipinski definition) is 3. The summed E-state index contributed by atoms with van der Waals surface area (Å²) in [5.74, 6) is -1.34. The monoisotopic (exact) mass is 450 g/mol. The van der Waals surface area contributed by atoms with Crippen molar-refractivity contribution in [2.75, 3.05) is 19.7 Å². The Kier molecular flexibility index (Phi) is 7.53. The molecular formula is C26H30N2O5. The number of rotatable bonds is 9. The predicted molar refractivity (Wildman–Crippen MR) is 126 cm³/mol. The summed E-state index contributed by atoms with van der Waals surface area (Å²) >= 11 is 0. The third-order valence-electron chi connectivity index (χ3n) is 6.29. The molecule has 0 saturated carbocycles. The Morgan fingerprint density at radius 3 is 2.15 bits per heavy atom. The highest BCUT2D eigenvalue weighted by atomic mass is 16.5. The quantitative estimate of drug-likeness (QED) is 0.499. The molecule has 3 rings (SSSR count). The van der Waals surface area contributed by atoms with Crippen molar-refractivity contribution in [3.05, 3.63) is 71.3 Å². The van der Waals surface area contributed by atoms with Crippen LogP contribution >= 0.6 is 0 Å². The van der Waals surface area contributed by atoms with Crippen molar-refractivity contribution < 1.29 is 24.2 Å². The van der Waals surface area contributed by atoms with Crippen LogP contribution in [0.2, 0.25) is 0 Å². The first kappa shape index (κ1) is 24.0. The summed E-state index contributed by atoms with van der Waals surface area (Å²) in [4.78, 5) is 35.8. The van der Waals surface area contributed by atoms with Crippen molar-refractivity contribution in [2.45, 2.75) is 33.1 Å². The van der Waals surface area contributed by atoms with Gasteiger partial charge >= 0.3 is 12.1 Å². The van der Waals surface area contributed by atoms with Crippen LogP contribution in [0, 0.1) is 5.41 Å². The van der Waals surface area contributed by atoms with Crippen LogP contribution in [-0.2, 0) is 14.3 Å². The molecule has 0 heterocycles. The van der Waals surface area contributed by atoms with Crippen molar-refractivity contribution in [1.82, 2.24) is 10.6 Å². The molecule has 2 aromatic rings. The van der Waals surface area contributed by atoms with Crippen molar-refractivity contribution >= 4 is 18.0 Å². The van der Waals surface area contributed by atoms with E-state index in [4.69, 9.17) is 4.74 Å². The van der Waals surface area contributed by atoms with Crippen LogP contribution in [0.15, 0.2) is 60.2 Å². The van der Waals surface area contributed by atoms with Crippen LogP contribution in [0.25, 0.3) is 11.1 Å². The number of aliphatic carboxylic acids is 1. The van der Waals surface area contributed by atoms with Gasteiger partial charge in [0.1, 0.15) is 6.61 Å². The van der Waals surface area contributed by atoms with E-state index in [1.807, 2.05) is 24.3 Å². The Bertz CT molecular complexity index is 1030. The molecule has 0 aromatic heterocycles. The van der Waals surface area contributed by atoms with E-state index in [0.717, 1.165) is 22.3 Å². The lowest BCUT2D eigenvalue weighted by Crippen LogP contribution is -2.41. The third kappa shape index (κ3) is 5.42. The van der Waals surface area contributed by atoms with E-state index >= 15 is 0 Å². The number of ether oxygens (including phenoxy) is 1. The predicted octanol–water partition coefficient (Wildman–Crippen LogP) is 4.09. The maximum absolute atomic E-state index is 12.2. The number of carboxylic acid groups (broad SMARTS) is 1. The fourth-order valence-electron chi connectivity index (χ4n) is 3.80. The number of carbonyl (C=O) groups excluding carboxylic acids is 2. The highest BCUT2D eigenvalue weighted by Gasteiger charge is 2.31. The zero-order valence-corrected chi connectivity index (χ0v) is 19.2. The summed E-state index contributed by atoms with van der Waals surface area (Å²) in [5.41, 5.74) is 3.97. The second-order valence-electron chi connectivity index (χ2n) is 8.50. The summed E-state index contributed by atoms with van der Waals surface area (Å²) in [6.45, 7) is 5.34. The molecule has 1 unspecified atom stereocenters. The van der Waals surface area contributed by atoms with Gasteiger partial charge in [0.2, 0.25) is 5.91 Å². The highest BCUT2D eigenvalue weighted by molar-refractivity contribution is 5.93. The zero-order valence-electron chi connectivity index (χ0n) is 19.2. The van der Waals surface area contributed by atoms with Gasteiger partial charge in [0, 0.05) is 24.6 Å². The Morgan fingerprint density at radius 1 is 1.03 bits per heavy atom. The molecule has 2 aromatic carbocycles. The minimum atomic E-state index is -1.02. The number of carbonyl (C=O) groups is 3. The van der Waals surface area contributed by atoms with Gasteiger partial charge in [-0.25, -0.2) is 4.79 Å². The Morgan fingerprint density at radius 2 is 1.61 bits per heavy atom. The molecule has 3 N–H and O–H groups in total. The van der Waals surface area contributed by atoms with Crippen molar-refractivity contribution in [1.29, 1.82) is 0 Å². The van der Waals surface area contributed by atoms with Gasteiger partial charge in [0.15, 0.2) is 0 Å². The highest BCUT2D eigenvalue weighted by Crippen LogP contribution is 2.44. The number of alkyl carbamates (subject to hydrolysis) is 1. The molecule has 0 radical (unpaired) electrons. The summed E-state index contributed by atoms with van der Waals surface area (Å²) < 4.78 is 5.47. The normalized spacial score (nSPS) is 14.6. The van der Waals surface area contributed by atoms with Gasteiger partial charge in [-0.05, 0) is 42.5 Å². The molecule has 7 nitrogen and oxygen atoms in total. The first-order valence-corrected chi connectivity index (χ1v) is 11.0. The SMILES string of the molecule is CCC(C)(CNC(=O)/C(C)=C/CNC(=O)OCC1c2ccccc2-c2ccccc21)C(=O)O. The maximum atomic E-state index is 12.2. The minimum absolute atomic E-state index is 0.0201. The fraction of sp³-hybridized carbons (Fsp3) is 0.346. The van der Waals surface area contributed by atoms with E-state index in [1.54, 1.807) is 26.8 Å². The van der Waals surface area contributed by atoms with Crippen LogP contribution in [0.4, 0.5) is 4.79 Å².